The van der Waals surface area contributed by atoms with E-state index in [1.807, 2.05) is 60.7 Å². The second-order valence-corrected chi connectivity index (χ2v) is 7.29. The number of esters is 1. The predicted molar refractivity (Wildman–Crippen MR) is 116 cm³/mol. The van der Waals surface area contributed by atoms with Crippen molar-refractivity contribution in [3.8, 4) is 17.3 Å². The lowest BCUT2D eigenvalue weighted by Gasteiger charge is -2.29. The summed E-state index contributed by atoms with van der Waals surface area (Å²) >= 11 is 1.51. The summed E-state index contributed by atoms with van der Waals surface area (Å²) in [6, 6.07) is 19.7. The molecule has 150 valence electrons. The molecule has 0 atom stereocenters. The first-order chi connectivity index (χ1) is 14.7. The number of nitriles is 1. The van der Waals surface area contributed by atoms with E-state index in [1.165, 1.54) is 16.3 Å². The molecule has 0 amide bonds. The summed E-state index contributed by atoms with van der Waals surface area (Å²) in [7, 11) is 0. The van der Waals surface area contributed by atoms with Gasteiger partial charge in [-0.3, -0.25) is 5.43 Å². The minimum atomic E-state index is -0.491. The van der Waals surface area contributed by atoms with Crippen molar-refractivity contribution >= 4 is 27.9 Å². The Kier molecular flexibility index (Phi) is 5.68. The van der Waals surface area contributed by atoms with Gasteiger partial charge in [0, 0.05) is 16.5 Å². The zero-order valence-corrected chi connectivity index (χ0v) is 17.1. The van der Waals surface area contributed by atoms with Gasteiger partial charge in [-0.1, -0.05) is 60.7 Å². The molecule has 1 aromatic heterocycles. The minimum absolute atomic E-state index is 0.264. The van der Waals surface area contributed by atoms with Gasteiger partial charge in [-0.05, 0) is 18.1 Å². The highest BCUT2D eigenvalue weighted by Gasteiger charge is 2.32. The first-order valence-electron chi connectivity index (χ1n) is 9.44. The lowest BCUT2D eigenvalue weighted by molar-refractivity contribution is -0.147. The number of ether oxygens (including phenoxy) is 2. The molecule has 0 spiro atoms. The first-order valence-corrected chi connectivity index (χ1v) is 10.3. The molecule has 0 aliphatic carbocycles. The molecule has 6 nitrogen and oxygen atoms in total. The fourth-order valence-electron chi connectivity index (χ4n) is 3.30. The number of fused-ring (bicyclic) bond motifs is 1. The molecule has 1 aliphatic rings. The van der Waals surface area contributed by atoms with Crippen molar-refractivity contribution < 1.29 is 14.3 Å². The molecule has 0 bridgehead atoms. The molecule has 7 heteroatoms. The fraction of sp³-hybridized carbons (Fsp3) is 0.130. The van der Waals surface area contributed by atoms with Gasteiger partial charge in [-0.2, -0.15) is 10.3 Å². The van der Waals surface area contributed by atoms with Gasteiger partial charge in [-0.15, -0.1) is 11.3 Å². The van der Waals surface area contributed by atoms with Crippen LogP contribution in [0.5, 0.6) is 0 Å². The summed E-state index contributed by atoms with van der Waals surface area (Å²) in [5.41, 5.74) is 7.74. The van der Waals surface area contributed by atoms with Crippen LogP contribution in [-0.2, 0) is 14.3 Å². The number of thiophene rings is 1. The minimum Gasteiger partial charge on any atom is -0.465 e. The molecule has 0 fully saturated rings. The zero-order chi connectivity index (χ0) is 20.9. The maximum Gasteiger partial charge on any atom is 0.344 e. The molecular formula is C23H19N3O3S. The van der Waals surface area contributed by atoms with E-state index in [4.69, 9.17) is 9.47 Å². The Morgan fingerprint density at radius 1 is 1.10 bits per heavy atom. The molecule has 3 aromatic rings. The van der Waals surface area contributed by atoms with Crippen LogP contribution in [0.3, 0.4) is 0 Å². The van der Waals surface area contributed by atoms with E-state index in [9.17, 15) is 10.1 Å². The van der Waals surface area contributed by atoms with Crippen molar-refractivity contribution in [1.82, 2.24) is 5.01 Å². The SMILES string of the molecule is CCOC(=O)COC1=C(c2ccccc2)c2c(-c3ccccc3)csc2NN1C#N. The smallest absolute Gasteiger partial charge is 0.344 e. The molecule has 0 unspecified atom stereocenters. The van der Waals surface area contributed by atoms with E-state index in [1.54, 1.807) is 6.92 Å². The van der Waals surface area contributed by atoms with Gasteiger partial charge in [0.2, 0.25) is 12.1 Å². The molecule has 2 aromatic carbocycles. The molecule has 30 heavy (non-hydrogen) atoms. The van der Waals surface area contributed by atoms with Gasteiger partial charge in [-0.25, -0.2) is 4.79 Å². The predicted octanol–water partition coefficient (Wildman–Crippen LogP) is 4.84. The van der Waals surface area contributed by atoms with Crippen molar-refractivity contribution in [2.45, 2.75) is 6.92 Å². The number of hydrogen-bond acceptors (Lipinski definition) is 7. The third kappa shape index (κ3) is 3.73. The van der Waals surface area contributed by atoms with Crippen molar-refractivity contribution in [2.75, 3.05) is 18.6 Å². The van der Waals surface area contributed by atoms with E-state index in [0.29, 0.717) is 0 Å². The Morgan fingerprint density at radius 3 is 2.40 bits per heavy atom. The van der Waals surface area contributed by atoms with Gasteiger partial charge in [0.1, 0.15) is 5.00 Å². The Morgan fingerprint density at radius 2 is 1.77 bits per heavy atom. The van der Waals surface area contributed by atoms with E-state index in [-0.39, 0.29) is 19.1 Å². The van der Waals surface area contributed by atoms with Crippen LogP contribution in [0.1, 0.15) is 18.1 Å². The second kappa shape index (κ2) is 8.72. The Bertz CT molecular complexity index is 1120. The molecule has 0 radical (unpaired) electrons. The summed E-state index contributed by atoms with van der Waals surface area (Å²) in [5.74, 6) is -0.227. The number of anilines is 1. The number of benzene rings is 2. The Labute approximate surface area is 178 Å². The maximum atomic E-state index is 11.9. The van der Waals surface area contributed by atoms with Gasteiger partial charge in [0.15, 0.2) is 6.61 Å². The monoisotopic (exact) mass is 417 g/mol. The van der Waals surface area contributed by atoms with Crippen LogP contribution in [0, 0.1) is 11.5 Å². The van der Waals surface area contributed by atoms with Crippen LogP contribution < -0.4 is 5.43 Å². The average Bonchev–Trinajstić information content (AvgIpc) is 3.21. The highest BCUT2D eigenvalue weighted by Crippen LogP contribution is 2.47. The average molecular weight is 417 g/mol. The number of rotatable bonds is 6. The third-order valence-electron chi connectivity index (χ3n) is 4.55. The van der Waals surface area contributed by atoms with Gasteiger partial charge < -0.3 is 9.47 Å². The van der Waals surface area contributed by atoms with E-state index < -0.39 is 5.97 Å². The maximum absolute atomic E-state index is 11.9. The number of carbonyl (C=O) groups excluding carboxylic acids is 1. The van der Waals surface area contributed by atoms with Crippen LogP contribution in [0.25, 0.3) is 16.7 Å². The zero-order valence-electron chi connectivity index (χ0n) is 16.3. The first kappa shape index (κ1) is 19.6. The molecule has 1 aliphatic heterocycles. The van der Waals surface area contributed by atoms with Gasteiger partial charge in [0.05, 0.1) is 12.2 Å². The number of carbonyl (C=O) groups is 1. The summed E-state index contributed by atoms with van der Waals surface area (Å²) < 4.78 is 10.8. The quantitative estimate of drug-likeness (QED) is 0.457. The number of nitrogens with one attached hydrogen (secondary N) is 1. The van der Waals surface area contributed by atoms with Crippen molar-refractivity contribution in [1.29, 1.82) is 5.26 Å². The van der Waals surface area contributed by atoms with Crippen molar-refractivity contribution in [3.05, 3.63) is 83.1 Å². The summed E-state index contributed by atoms with van der Waals surface area (Å²) in [6.07, 6.45) is 2.09. The third-order valence-corrected chi connectivity index (χ3v) is 5.44. The van der Waals surface area contributed by atoms with Crippen LogP contribution in [0.2, 0.25) is 0 Å². The van der Waals surface area contributed by atoms with Gasteiger partial charge in [0.25, 0.3) is 0 Å². The highest BCUT2D eigenvalue weighted by molar-refractivity contribution is 7.15. The van der Waals surface area contributed by atoms with E-state index in [2.05, 4.69) is 17.0 Å². The van der Waals surface area contributed by atoms with Crippen molar-refractivity contribution in [3.63, 3.8) is 0 Å². The largest absolute Gasteiger partial charge is 0.465 e. The molecule has 2 heterocycles. The van der Waals surface area contributed by atoms with E-state index >= 15 is 0 Å². The highest BCUT2D eigenvalue weighted by atomic mass is 32.1. The topological polar surface area (TPSA) is 74.6 Å². The van der Waals surface area contributed by atoms with E-state index in [0.717, 1.165) is 32.8 Å². The molecule has 1 N–H and O–H groups in total. The fourth-order valence-corrected chi connectivity index (χ4v) is 4.26. The van der Waals surface area contributed by atoms with Crippen LogP contribution in [-0.4, -0.2) is 24.2 Å². The van der Waals surface area contributed by atoms with Crippen LogP contribution in [0.15, 0.2) is 71.9 Å². The lowest BCUT2D eigenvalue weighted by atomic mass is 9.92. The summed E-state index contributed by atoms with van der Waals surface area (Å²) in [4.78, 5) is 11.9. The van der Waals surface area contributed by atoms with Crippen LogP contribution in [0.4, 0.5) is 5.00 Å². The molecule has 4 rings (SSSR count). The number of nitrogens with zero attached hydrogens (tertiary/aromatic N) is 2. The Hall–Kier alpha value is -3.76. The lowest BCUT2D eigenvalue weighted by Crippen LogP contribution is -2.31. The normalized spacial score (nSPS) is 12.6. The Balaban J connectivity index is 1.89. The molecule has 0 saturated heterocycles. The summed E-state index contributed by atoms with van der Waals surface area (Å²) in [6.45, 7) is 1.71. The van der Waals surface area contributed by atoms with Gasteiger partial charge >= 0.3 is 5.97 Å². The molecular weight excluding hydrogens is 398 g/mol. The number of hydrogen-bond donors (Lipinski definition) is 1. The molecule has 0 saturated carbocycles. The van der Waals surface area contributed by atoms with Crippen LogP contribution >= 0.6 is 11.3 Å². The summed E-state index contributed by atoms with van der Waals surface area (Å²) in [5, 5.41) is 13.9. The second-order valence-electron chi connectivity index (χ2n) is 6.41. The number of hydrazine groups is 1. The van der Waals surface area contributed by atoms with Crippen molar-refractivity contribution in [2.24, 2.45) is 0 Å². The standard InChI is InChI=1S/C23H19N3O3S/c1-2-28-19(27)13-29-23-20(17-11-7-4-8-12-17)21-18(16-9-5-3-6-10-16)14-30-22(21)25-26(23)15-24/h3-12,14,25H,2,13H2,1H3.